The number of benzene rings is 1. The molecule has 4 heteroatoms. The Balaban J connectivity index is 2.96. The van der Waals surface area contributed by atoms with Crippen molar-refractivity contribution in [3.05, 3.63) is 28.8 Å². The second kappa shape index (κ2) is 5.27. The summed E-state index contributed by atoms with van der Waals surface area (Å²) in [5, 5.41) is 8.04. The molecule has 0 saturated carbocycles. The van der Waals surface area contributed by atoms with Gasteiger partial charge in [0, 0.05) is 15.5 Å². The minimum atomic E-state index is 0.0751. The van der Waals surface area contributed by atoms with Crippen molar-refractivity contribution < 1.29 is 0 Å². The molecule has 0 aliphatic heterocycles. The van der Waals surface area contributed by atoms with Crippen molar-refractivity contribution in [2.24, 2.45) is 5.73 Å². The maximum Gasteiger partial charge on any atom is 0.123 e. The van der Waals surface area contributed by atoms with Gasteiger partial charge in [-0.25, -0.2) is 0 Å². The lowest BCUT2D eigenvalue weighted by molar-refractivity contribution is 1.10. The first-order chi connectivity index (χ1) is 6.65. The summed E-state index contributed by atoms with van der Waals surface area (Å²) in [6, 6.07) is 5.48. The van der Waals surface area contributed by atoms with E-state index < -0.39 is 0 Å². The van der Waals surface area contributed by atoms with Crippen molar-refractivity contribution >= 4 is 29.2 Å². The third-order valence-corrected chi connectivity index (χ3v) is 3.21. The second-order valence-corrected chi connectivity index (χ2v) is 4.48. The van der Waals surface area contributed by atoms with Crippen molar-refractivity contribution in [2.45, 2.75) is 18.2 Å². The third-order valence-electron chi connectivity index (χ3n) is 1.69. The Kier molecular flexibility index (Phi) is 4.29. The van der Waals surface area contributed by atoms with Crippen LogP contribution in [0, 0.1) is 5.41 Å². The lowest BCUT2D eigenvalue weighted by Gasteiger charge is -2.07. The van der Waals surface area contributed by atoms with Gasteiger partial charge in [0.1, 0.15) is 5.84 Å². The average molecular weight is 229 g/mol. The van der Waals surface area contributed by atoms with E-state index in [1.165, 1.54) is 0 Å². The number of amidine groups is 1. The van der Waals surface area contributed by atoms with Gasteiger partial charge in [0.05, 0.1) is 0 Å². The van der Waals surface area contributed by atoms with E-state index in [0.717, 1.165) is 22.6 Å². The summed E-state index contributed by atoms with van der Waals surface area (Å²) in [5.41, 5.74) is 6.20. The predicted octanol–water partition coefficient (Wildman–Crippen LogP) is 3.13. The normalized spacial score (nSPS) is 10.1. The molecule has 3 N–H and O–H groups in total. The number of hydrogen-bond acceptors (Lipinski definition) is 2. The van der Waals surface area contributed by atoms with Crippen molar-refractivity contribution in [1.82, 2.24) is 0 Å². The summed E-state index contributed by atoms with van der Waals surface area (Å²) in [6.07, 6.45) is 1.10. The SMILES string of the molecule is CCCSc1ccc(Cl)cc1C(=N)N. The summed E-state index contributed by atoms with van der Waals surface area (Å²) in [5.74, 6) is 1.10. The molecule has 0 spiro atoms. The molecule has 0 aliphatic carbocycles. The molecule has 14 heavy (non-hydrogen) atoms. The highest BCUT2D eigenvalue weighted by atomic mass is 35.5. The Morgan fingerprint density at radius 2 is 2.29 bits per heavy atom. The van der Waals surface area contributed by atoms with Crippen LogP contribution in [0.5, 0.6) is 0 Å². The first-order valence-corrected chi connectivity index (χ1v) is 5.78. The van der Waals surface area contributed by atoms with Crippen molar-refractivity contribution in [3.63, 3.8) is 0 Å². The fourth-order valence-corrected chi connectivity index (χ4v) is 2.14. The Labute approximate surface area is 93.3 Å². The molecule has 0 atom stereocenters. The highest BCUT2D eigenvalue weighted by Crippen LogP contribution is 2.25. The quantitative estimate of drug-likeness (QED) is 0.473. The highest BCUT2D eigenvalue weighted by Gasteiger charge is 2.05. The van der Waals surface area contributed by atoms with Gasteiger partial charge in [0.25, 0.3) is 0 Å². The molecule has 0 bridgehead atoms. The van der Waals surface area contributed by atoms with Crippen LogP contribution >= 0.6 is 23.4 Å². The summed E-state index contributed by atoms with van der Waals surface area (Å²) in [6.45, 7) is 2.12. The van der Waals surface area contributed by atoms with Gasteiger partial charge >= 0.3 is 0 Å². The van der Waals surface area contributed by atoms with E-state index >= 15 is 0 Å². The van der Waals surface area contributed by atoms with Crippen LogP contribution in [0.25, 0.3) is 0 Å². The molecular weight excluding hydrogens is 216 g/mol. The molecule has 0 radical (unpaired) electrons. The van der Waals surface area contributed by atoms with E-state index in [0.29, 0.717) is 5.02 Å². The maximum atomic E-state index is 7.41. The Morgan fingerprint density at radius 3 is 2.86 bits per heavy atom. The fraction of sp³-hybridized carbons (Fsp3) is 0.300. The van der Waals surface area contributed by atoms with Crippen molar-refractivity contribution in [1.29, 1.82) is 5.41 Å². The zero-order chi connectivity index (χ0) is 10.6. The van der Waals surface area contributed by atoms with E-state index in [4.69, 9.17) is 22.7 Å². The summed E-state index contributed by atoms with van der Waals surface area (Å²) in [7, 11) is 0. The molecular formula is C10H13ClN2S. The van der Waals surface area contributed by atoms with Crippen LogP contribution in [0.2, 0.25) is 5.02 Å². The number of hydrogen-bond donors (Lipinski definition) is 2. The van der Waals surface area contributed by atoms with Gasteiger partial charge in [-0.05, 0) is 30.4 Å². The second-order valence-electron chi connectivity index (χ2n) is 2.90. The van der Waals surface area contributed by atoms with Gasteiger partial charge in [-0.1, -0.05) is 18.5 Å². The van der Waals surface area contributed by atoms with Crippen LogP contribution in [0.3, 0.4) is 0 Å². The zero-order valence-corrected chi connectivity index (χ0v) is 9.58. The monoisotopic (exact) mass is 228 g/mol. The first kappa shape index (κ1) is 11.4. The topological polar surface area (TPSA) is 49.9 Å². The summed E-state index contributed by atoms with van der Waals surface area (Å²) >= 11 is 7.54. The van der Waals surface area contributed by atoms with Gasteiger partial charge in [0.2, 0.25) is 0 Å². The molecule has 0 fully saturated rings. The van der Waals surface area contributed by atoms with Crippen LogP contribution in [-0.4, -0.2) is 11.6 Å². The van der Waals surface area contributed by atoms with Crippen molar-refractivity contribution in [3.8, 4) is 0 Å². The Morgan fingerprint density at radius 1 is 1.57 bits per heavy atom. The van der Waals surface area contributed by atoms with Crippen LogP contribution in [0.1, 0.15) is 18.9 Å². The van der Waals surface area contributed by atoms with Crippen LogP contribution in [-0.2, 0) is 0 Å². The largest absolute Gasteiger partial charge is 0.384 e. The molecule has 2 nitrogen and oxygen atoms in total. The first-order valence-electron chi connectivity index (χ1n) is 4.42. The highest BCUT2D eigenvalue weighted by molar-refractivity contribution is 7.99. The number of halogens is 1. The summed E-state index contributed by atoms with van der Waals surface area (Å²) < 4.78 is 0. The molecule has 1 rings (SSSR count). The number of nitrogen functional groups attached to an aromatic ring is 1. The van der Waals surface area contributed by atoms with E-state index in [1.807, 2.05) is 12.1 Å². The Hall–Kier alpha value is -0.670. The summed E-state index contributed by atoms with van der Waals surface area (Å²) in [4.78, 5) is 1.03. The van der Waals surface area contributed by atoms with Gasteiger partial charge in [-0.2, -0.15) is 0 Å². The molecule has 76 valence electrons. The minimum Gasteiger partial charge on any atom is -0.384 e. The minimum absolute atomic E-state index is 0.0751. The molecule has 0 amide bonds. The molecule has 1 aromatic rings. The molecule has 1 aromatic carbocycles. The number of rotatable bonds is 4. The Bertz CT molecular complexity index is 339. The number of nitrogens with two attached hydrogens (primary N) is 1. The molecule has 0 aliphatic rings. The lowest BCUT2D eigenvalue weighted by atomic mass is 10.2. The molecule has 0 aromatic heterocycles. The predicted molar refractivity (Wildman–Crippen MR) is 63.5 cm³/mol. The van der Waals surface area contributed by atoms with E-state index in [-0.39, 0.29) is 5.84 Å². The van der Waals surface area contributed by atoms with Gasteiger partial charge in [-0.15, -0.1) is 11.8 Å². The standard InChI is InChI=1S/C10H13ClN2S/c1-2-5-14-9-4-3-7(11)6-8(9)10(12)13/h3-4,6H,2,5H2,1H3,(H3,12,13). The molecule has 0 saturated heterocycles. The lowest BCUT2D eigenvalue weighted by Crippen LogP contribution is -2.12. The van der Waals surface area contributed by atoms with Crippen LogP contribution < -0.4 is 5.73 Å². The molecule has 0 unspecified atom stereocenters. The van der Waals surface area contributed by atoms with Gasteiger partial charge in [-0.3, -0.25) is 5.41 Å². The van der Waals surface area contributed by atoms with Gasteiger partial charge in [0.15, 0.2) is 0 Å². The average Bonchev–Trinajstić information content (AvgIpc) is 2.15. The fourth-order valence-electron chi connectivity index (χ4n) is 1.05. The van der Waals surface area contributed by atoms with Gasteiger partial charge < -0.3 is 5.73 Å². The number of nitrogens with one attached hydrogen (secondary N) is 1. The smallest absolute Gasteiger partial charge is 0.123 e. The van der Waals surface area contributed by atoms with E-state index in [9.17, 15) is 0 Å². The van der Waals surface area contributed by atoms with Crippen molar-refractivity contribution in [2.75, 3.05) is 5.75 Å². The van der Waals surface area contributed by atoms with Crippen LogP contribution in [0.15, 0.2) is 23.1 Å². The third kappa shape index (κ3) is 2.93. The van der Waals surface area contributed by atoms with Crippen LogP contribution in [0.4, 0.5) is 0 Å². The van der Waals surface area contributed by atoms with E-state index in [1.54, 1.807) is 17.8 Å². The molecule has 0 heterocycles. The maximum absolute atomic E-state index is 7.41. The zero-order valence-electron chi connectivity index (χ0n) is 8.01. The van der Waals surface area contributed by atoms with E-state index in [2.05, 4.69) is 6.92 Å². The number of thioether (sulfide) groups is 1.